The molecule has 1 aromatic carbocycles. The van der Waals surface area contributed by atoms with Crippen LogP contribution >= 0.6 is 0 Å². The molecule has 0 radical (unpaired) electrons. The van der Waals surface area contributed by atoms with E-state index in [0.717, 1.165) is 19.5 Å². The SMILES string of the molecule is CC(C)CCN(CC(=O)N1CCNCC1)S(=O)(=O)c1ccccc1. The molecule has 7 heteroatoms. The Morgan fingerprint density at radius 1 is 1.21 bits per heavy atom. The van der Waals surface area contributed by atoms with Crippen LogP contribution in [0.4, 0.5) is 0 Å². The van der Waals surface area contributed by atoms with Gasteiger partial charge in [0.2, 0.25) is 15.9 Å². The molecule has 6 nitrogen and oxygen atoms in total. The zero-order valence-electron chi connectivity index (χ0n) is 14.4. The van der Waals surface area contributed by atoms with Crippen molar-refractivity contribution >= 4 is 15.9 Å². The summed E-state index contributed by atoms with van der Waals surface area (Å²) in [5, 5.41) is 3.19. The van der Waals surface area contributed by atoms with Gasteiger partial charge >= 0.3 is 0 Å². The molecule has 0 spiro atoms. The lowest BCUT2D eigenvalue weighted by molar-refractivity contribution is -0.132. The fourth-order valence-corrected chi connectivity index (χ4v) is 4.02. The molecule has 0 atom stereocenters. The largest absolute Gasteiger partial charge is 0.339 e. The first kappa shape index (κ1) is 18.9. The number of amides is 1. The van der Waals surface area contributed by atoms with Gasteiger partial charge in [-0.25, -0.2) is 8.42 Å². The van der Waals surface area contributed by atoms with Crippen molar-refractivity contribution in [2.24, 2.45) is 5.92 Å². The first-order valence-corrected chi connectivity index (χ1v) is 9.89. The zero-order chi connectivity index (χ0) is 17.6. The van der Waals surface area contributed by atoms with Crippen LogP contribution in [0.2, 0.25) is 0 Å². The third kappa shape index (κ3) is 5.03. The van der Waals surface area contributed by atoms with E-state index in [4.69, 9.17) is 0 Å². The summed E-state index contributed by atoms with van der Waals surface area (Å²) >= 11 is 0. The highest BCUT2D eigenvalue weighted by molar-refractivity contribution is 7.89. The molecular weight excluding hydrogens is 326 g/mol. The Morgan fingerprint density at radius 3 is 2.42 bits per heavy atom. The number of benzene rings is 1. The molecule has 2 rings (SSSR count). The quantitative estimate of drug-likeness (QED) is 0.798. The summed E-state index contributed by atoms with van der Waals surface area (Å²) in [5.41, 5.74) is 0. The first-order chi connectivity index (χ1) is 11.4. The van der Waals surface area contributed by atoms with Crippen LogP contribution in [0, 0.1) is 5.92 Å². The number of nitrogens with one attached hydrogen (secondary N) is 1. The molecule has 0 unspecified atom stereocenters. The van der Waals surface area contributed by atoms with Crippen molar-refractivity contribution in [3.8, 4) is 0 Å². The van der Waals surface area contributed by atoms with E-state index < -0.39 is 10.0 Å². The summed E-state index contributed by atoms with van der Waals surface area (Å²) in [6.07, 6.45) is 0.723. The highest BCUT2D eigenvalue weighted by atomic mass is 32.2. The van der Waals surface area contributed by atoms with Gasteiger partial charge < -0.3 is 10.2 Å². The van der Waals surface area contributed by atoms with Crippen molar-refractivity contribution < 1.29 is 13.2 Å². The van der Waals surface area contributed by atoms with Gasteiger partial charge in [0.15, 0.2) is 0 Å². The van der Waals surface area contributed by atoms with Crippen molar-refractivity contribution in [2.45, 2.75) is 25.2 Å². The Balaban J connectivity index is 2.16. The summed E-state index contributed by atoms with van der Waals surface area (Å²) in [5.74, 6) is 0.243. The maximum atomic E-state index is 12.9. The van der Waals surface area contributed by atoms with Crippen molar-refractivity contribution in [1.29, 1.82) is 0 Å². The average Bonchev–Trinajstić information content (AvgIpc) is 2.59. The standard InChI is InChI=1S/C17H27N3O3S/c1-15(2)8-11-20(14-17(21)19-12-9-18-10-13-19)24(22,23)16-6-4-3-5-7-16/h3-7,15,18H,8-14H2,1-2H3. The first-order valence-electron chi connectivity index (χ1n) is 8.45. The number of carbonyl (C=O) groups is 1. The molecule has 24 heavy (non-hydrogen) atoms. The van der Waals surface area contributed by atoms with E-state index in [1.807, 2.05) is 13.8 Å². The molecule has 0 aromatic heterocycles. The number of hydrogen-bond donors (Lipinski definition) is 1. The van der Waals surface area contributed by atoms with Crippen LogP contribution in [0.15, 0.2) is 35.2 Å². The summed E-state index contributed by atoms with van der Waals surface area (Å²) < 4.78 is 27.1. The molecule has 134 valence electrons. The molecule has 1 N–H and O–H groups in total. The molecule has 1 amide bonds. The monoisotopic (exact) mass is 353 g/mol. The number of piperazine rings is 1. The van der Waals surface area contributed by atoms with E-state index in [2.05, 4.69) is 5.32 Å². The van der Waals surface area contributed by atoms with E-state index >= 15 is 0 Å². The average molecular weight is 353 g/mol. The van der Waals surface area contributed by atoms with Crippen LogP contribution in [0.3, 0.4) is 0 Å². The predicted molar refractivity (Wildman–Crippen MR) is 94.1 cm³/mol. The van der Waals surface area contributed by atoms with Gasteiger partial charge in [-0.2, -0.15) is 4.31 Å². The molecule has 1 heterocycles. The second-order valence-electron chi connectivity index (χ2n) is 6.46. The third-order valence-corrected chi connectivity index (χ3v) is 5.98. The van der Waals surface area contributed by atoms with Gasteiger partial charge in [-0.1, -0.05) is 32.0 Å². The van der Waals surface area contributed by atoms with E-state index in [0.29, 0.717) is 25.6 Å². The van der Waals surface area contributed by atoms with Crippen LogP contribution in [0.25, 0.3) is 0 Å². The van der Waals surface area contributed by atoms with Crippen LogP contribution in [0.5, 0.6) is 0 Å². The summed E-state index contributed by atoms with van der Waals surface area (Å²) in [7, 11) is -3.66. The number of nitrogens with zero attached hydrogens (tertiary/aromatic N) is 2. The summed E-state index contributed by atoms with van der Waals surface area (Å²) in [6, 6.07) is 8.33. The third-order valence-electron chi connectivity index (χ3n) is 4.12. The number of rotatable bonds is 7. The molecule has 0 saturated carbocycles. The van der Waals surface area contributed by atoms with Gasteiger partial charge in [0, 0.05) is 32.7 Å². The zero-order valence-corrected chi connectivity index (χ0v) is 15.3. The van der Waals surface area contributed by atoms with Crippen molar-refractivity contribution in [3.05, 3.63) is 30.3 Å². The van der Waals surface area contributed by atoms with Gasteiger partial charge in [-0.05, 0) is 24.5 Å². The normalized spacial score (nSPS) is 15.9. The molecule has 0 aliphatic carbocycles. The molecule has 1 aliphatic rings. The molecule has 0 bridgehead atoms. The van der Waals surface area contributed by atoms with Crippen LogP contribution in [0.1, 0.15) is 20.3 Å². The minimum Gasteiger partial charge on any atom is -0.339 e. The van der Waals surface area contributed by atoms with Crippen molar-refractivity contribution in [3.63, 3.8) is 0 Å². The fourth-order valence-electron chi connectivity index (χ4n) is 2.59. The molecule has 1 fully saturated rings. The van der Waals surface area contributed by atoms with Crippen LogP contribution in [-0.2, 0) is 14.8 Å². The second kappa shape index (κ2) is 8.60. The van der Waals surface area contributed by atoms with E-state index in [1.165, 1.54) is 4.31 Å². The summed E-state index contributed by atoms with van der Waals surface area (Å²) in [6.45, 7) is 7.12. The Hall–Kier alpha value is -1.44. The molecule has 1 aliphatic heterocycles. The highest BCUT2D eigenvalue weighted by Gasteiger charge is 2.28. The maximum Gasteiger partial charge on any atom is 0.243 e. The van der Waals surface area contributed by atoms with Gasteiger partial charge in [-0.15, -0.1) is 0 Å². The van der Waals surface area contributed by atoms with Gasteiger partial charge in [0.05, 0.1) is 11.4 Å². The number of carbonyl (C=O) groups excluding carboxylic acids is 1. The van der Waals surface area contributed by atoms with Crippen molar-refractivity contribution in [1.82, 2.24) is 14.5 Å². The van der Waals surface area contributed by atoms with Gasteiger partial charge in [0.1, 0.15) is 0 Å². The molecule has 1 saturated heterocycles. The van der Waals surface area contributed by atoms with Crippen molar-refractivity contribution in [2.75, 3.05) is 39.3 Å². The maximum absolute atomic E-state index is 12.9. The number of sulfonamides is 1. The Kier molecular flexibility index (Phi) is 6.77. The lowest BCUT2D eigenvalue weighted by atomic mass is 10.1. The van der Waals surface area contributed by atoms with E-state index in [-0.39, 0.29) is 17.3 Å². The second-order valence-corrected chi connectivity index (χ2v) is 8.40. The van der Waals surface area contributed by atoms with E-state index in [9.17, 15) is 13.2 Å². The summed E-state index contributed by atoms with van der Waals surface area (Å²) in [4.78, 5) is 14.5. The number of hydrogen-bond acceptors (Lipinski definition) is 4. The molecule has 1 aromatic rings. The topological polar surface area (TPSA) is 69.7 Å². The Bertz CT molecular complexity index is 626. The fraction of sp³-hybridized carbons (Fsp3) is 0.588. The lowest BCUT2D eigenvalue weighted by Crippen LogP contribution is -2.50. The Morgan fingerprint density at radius 2 is 1.83 bits per heavy atom. The Labute approximate surface area is 144 Å². The minimum absolute atomic E-state index is 0.0933. The molecular formula is C17H27N3O3S. The minimum atomic E-state index is -3.66. The lowest BCUT2D eigenvalue weighted by Gasteiger charge is -2.30. The predicted octanol–water partition coefficient (Wildman–Crippen LogP) is 1.16. The van der Waals surface area contributed by atoms with Gasteiger partial charge in [0.25, 0.3) is 0 Å². The van der Waals surface area contributed by atoms with E-state index in [1.54, 1.807) is 35.2 Å². The van der Waals surface area contributed by atoms with Crippen LogP contribution in [-0.4, -0.2) is 62.8 Å². The smallest absolute Gasteiger partial charge is 0.243 e. The van der Waals surface area contributed by atoms with Gasteiger partial charge in [-0.3, -0.25) is 4.79 Å². The highest BCUT2D eigenvalue weighted by Crippen LogP contribution is 2.17. The van der Waals surface area contributed by atoms with Crippen LogP contribution < -0.4 is 5.32 Å².